The smallest absolute Gasteiger partial charge is 0.350 e. The van der Waals surface area contributed by atoms with Crippen LogP contribution in [-0.2, 0) is 9.53 Å². The molecule has 136 valence electrons. The molecule has 0 fully saturated rings. The second-order valence-electron chi connectivity index (χ2n) is 5.30. The predicted molar refractivity (Wildman–Crippen MR) is 101 cm³/mol. The van der Waals surface area contributed by atoms with E-state index in [4.69, 9.17) is 4.74 Å². The van der Waals surface area contributed by atoms with Crippen LogP contribution in [0.3, 0.4) is 0 Å². The Morgan fingerprint density at radius 1 is 1.38 bits per heavy atom. The Bertz CT molecular complexity index is 1020. The number of nitrogens with one attached hydrogen (secondary N) is 3. The van der Waals surface area contributed by atoms with E-state index in [1.165, 1.54) is 11.3 Å². The number of hydrogen-bond acceptors (Lipinski definition) is 7. The van der Waals surface area contributed by atoms with Gasteiger partial charge >= 0.3 is 5.97 Å². The first-order chi connectivity index (χ1) is 12.5. The molecular formula is C16H16N4O4S2. The van der Waals surface area contributed by atoms with Crippen molar-refractivity contribution in [3.63, 3.8) is 0 Å². The zero-order chi connectivity index (χ0) is 18.7. The first kappa shape index (κ1) is 18.2. The van der Waals surface area contributed by atoms with Gasteiger partial charge in [0.05, 0.1) is 23.6 Å². The molecule has 0 unspecified atom stereocenters. The molecule has 0 aliphatic rings. The van der Waals surface area contributed by atoms with Gasteiger partial charge in [-0.15, -0.1) is 11.3 Å². The number of hydrogen-bond donors (Lipinski definition) is 3. The van der Waals surface area contributed by atoms with E-state index in [0.717, 1.165) is 17.5 Å². The number of aromatic amines is 2. The number of fused-ring (bicyclic) bond motifs is 1. The van der Waals surface area contributed by atoms with E-state index in [0.29, 0.717) is 26.8 Å². The summed E-state index contributed by atoms with van der Waals surface area (Å²) in [5, 5.41) is 4.74. The van der Waals surface area contributed by atoms with E-state index in [1.807, 2.05) is 6.92 Å². The molecule has 10 heteroatoms. The summed E-state index contributed by atoms with van der Waals surface area (Å²) in [6.45, 7) is 3.82. The molecule has 0 aliphatic carbocycles. The van der Waals surface area contributed by atoms with Crippen LogP contribution in [0.2, 0.25) is 0 Å². The Balaban J connectivity index is 1.66. The van der Waals surface area contributed by atoms with Gasteiger partial charge in [-0.25, -0.2) is 9.78 Å². The average molecular weight is 392 g/mol. The molecule has 0 atom stereocenters. The third-order valence-electron chi connectivity index (χ3n) is 3.34. The molecule has 26 heavy (non-hydrogen) atoms. The summed E-state index contributed by atoms with van der Waals surface area (Å²) in [6, 6.07) is 3.42. The molecule has 1 amide bonds. The lowest BCUT2D eigenvalue weighted by molar-refractivity contribution is -0.113. The van der Waals surface area contributed by atoms with Crippen LogP contribution < -0.4 is 10.9 Å². The summed E-state index contributed by atoms with van der Waals surface area (Å²) in [5.74, 6) is -0.743. The summed E-state index contributed by atoms with van der Waals surface area (Å²) in [7, 11) is 0. The van der Waals surface area contributed by atoms with Crippen LogP contribution in [-0.4, -0.2) is 39.2 Å². The monoisotopic (exact) mass is 392 g/mol. The fraction of sp³-hybridized carbons (Fsp3) is 0.250. The molecule has 3 aromatic rings. The van der Waals surface area contributed by atoms with Gasteiger partial charge in [-0.3, -0.25) is 14.6 Å². The summed E-state index contributed by atoms with van der Waals surface area (Å²) in [6.07, 6.45) is 0. The van der Waals surface area contributed by atoms with E-state index < -0.39 is 5.97 Å². The molecule has 3 N–H and O–H groups in total. The first-order valence-electron chi connectivity index (χ1n) is 7.75. The van der Waals surface area contributed by atoms with Crippen molar-refractivity contribution in [2.24, 2.45) is 0 Å². The Hall–Kier alpha value is -2.59. The van der Waals surface area contributed by atoms with Crippen molar-refractivity contribution in [1.29, 1.82) is 0 Å². The molecule has 0 saturated heterocycles. The molecule has 8 nitrogen and oxygen atoms in total. The van der Waals surface area contributed by atoms with Crippen LogP contribution in [0.1, 0.15) is 22.3 Å². The van der Waals surface area contributed by atoms with Crippen molar-refractivity contribution >= 4 is 51.7 Å². The quantitative estimate of drug-likeness (QED) is 0.337. The summed E-state index contributed by atoms with van der Waals surface area (Å²) < 4.78 is 4.96. The Morgan fingerprint density at radius 3 is 2.96 bits per heavy atom. The number of carbonyl (C=O) groups is 2. The van der Waals surface area contributed by atoms with Gasteiger partial charge in [0.15, 0.2) is 5.16 Å². The molecule has 3 heterocycles. The van der Waals surface area contributed by atoms with Crippen molar-refractivity contribution in [3.8, 4) is 0 Å². The number of ether oxygens (including phenoxy) is 1. The highest BCUT2D eigenvalue weighted by Crippen LogP contribution is 2.24. The maximum Gasteiger partial charge on any atom is 0.350 e. The summed E-state index contributed by atoms with van der Waals surface area (Å²) >= 11 is 2.31. The number of carbonyl (C=O) groups excluding carboxylic acids is 2. The van der Waals surface area contributed by atoms with Crippen molar-refractivity contribution in [2.75, 3.05) is 17.7 Å². The molecular weight excluding hydrogens is 376 g/mol. The zero-order valence-corrected chi connectivity index (χ0v) is 15.7. The second kappa shape index (κ2) is 7.75. The average Bonchev–Trinajstić information content (AvgIpc) is 3.19. The van der Waals surface area contributed by atoms with Crippen LogP contribution in [0, 0.1) is 6.92 Å². The van der Waals surface area contributed by atoms with Gasteiger partial charge in [0.1, 0.15) is 10.4 Å². The maximum atomic E-state index is 12.2. The highest BCUT2D eigenvalue weighted by molar-refractivity contribution is 7.99. The van der Waals surface area contributed by atoms with Gasteiger partial charge in [0, 0.05) is 5.69 Å². The predicted octanol–water partition coefficient (Wildman–Crippen LogP) is 2.53. The molecule has 0 spiro atoms. The van der Waals surface area contributed by atoms with Crippen LogP contribution >= 0.6 is 23.1 Å². The third-order valence-corrected chi connectivity index (χ3v) is 5.11. The van der Waals surface area contributed by atoms with Crippen molar-refractivity contribution in [2.45, 2.75) is 19.0 Å². The van der Waals surface area contributed by atoms with Gasteiger partial charge in [-0.2, -0.15) is 0 Å². The fourth-order valence-corrected chi connectivity index (χ4v) is 3.69. The van der Waals surface area contributed by atoms with Crippen LogP contribution in [0.4, 0.5) is 5.69 Å². The molecule has 0 aromatic carbocycles. The minimum atomic E-state index is -0.468. The minimum absolute atomic E-state index is 0.0377. The van der Waals surface area contributed by atoms with E-state index >= 15 is 0 Å². The van der Waals surface area contributed by atoms with Crippen LogP contribution in [0.15, 0.2) is 27.5 Å². The van der Waals surface area contributed by atoms with Gasteiger partial charge in [0.2, 0.25) is 5.91 Å². The Morgan fingerprint density at radius 2 is 2.19 bits per heavy atom. The number of H-pyrrole nitrogens is 2. The number of amides is 1. The second-order valence-corrected chi connectivity index (χ2v) is 7.18. The highest BCUT2D eigenvalue weighted by atomic mass is 32.2. The number of nitrogens with zero attached hydrogens (tertiary/aromatic N) is 1. The zero-order valence-electron chi connectivity index (χ0n) is 14.0. The number of esters is 1. The number of aromatic nitrogens is 3. The third kappa shape index (κ3) is 3.97. The SMILES string of the molecule is CCOC(=O)c1sccc1NC(=O)CSc1nc2cc(C)[nH]c2c(=O)[nH]1. The maximum absolute atomic E-state index is 12.2. The van der Waals surface area contributed by atoms with Crippen molar-refractivity contribution in [1.82, 2.24) is 15.0 Å². The lowest BCUT2D eigenvalue weighted by atomic mass is 10.4. The van der Waals surface area contributed by atoms with Crippen molar-refractivity contribution in [3.05, 3.63) is 38.4 Å². The normalized spacial score (nSPS) is 10.8. The molecule has 3 rings (SSSR count). The van der Waals surface area contributed by atoms with Gasteiger partial charge in [-0.05, 0) is 31.4 Å². The fourth-order valence-electron chi connectivity index (χ4n) is 2.28. The van der Waals surface area contributed by atoms with Crippen LogP contribution in [0.25, 0.3) is 11.0 Å². The van der Waals surface area contributed by atoms with Crippen molar-refractivity contribution < 1.29 is 14.3 Å². The Kier molecular flexibility index (Phi) is 5.43. The number of thiophene rings is 1. The minimum Gasteiger partial charge on any atom is -0.462 e. The standard InChI is InChI=1S/C16H16N4O4S2/c1-3-24-15(23)13-9(4-5-25-13)18-11(21)7-26-16-19-10-6-8(2)17-12(10)14(22)20-16/h4-6,17H,3,7H2,1-2H3,(H,18,21)(H,19,20,22). The van der Waals surface area contributed by atoms with Gasteiger partial charge in [0.25, 0.3) is 5.56 Å². The molecule has 0 bridgehead atoms. The van der Waals surface area contributed by atoms with Gasteiger partial charge < -0.3 is 15.0 Å². The highest BCUT2D eigenvalue weighted by Gasteiger charge is 2.16. The van der Waals surface area contributed by atoms with Gasteiger partial charge in [-0.1, -0.05) is 11.8 Å². The van der Waals surface area contributed by atoms with E-state index in [9.17, 15) is 14.4 Å². The number of rotatable bonds is 6. The summed E-state index contributed by atoms with van der Waals surface area (Å²) in [5.41, 5.74) is 1.93. The molecule has 3 aromatic heterocycles. The lowest BCUT2D eigenvalue weighted by Crippen LogP contribution is -2.17. The molecule has 0 radical (unpaired) electrons. The molecule has 0 aliphatic heterocycles. The van der Waals surface area contributed by atoms with Crippen LogP contribution in [0.5, 0.6) is 0 Å². The van der Waals surface area contributed by atoms with E-state index in [2.05, 4.69) is 20.3 Å². The summed E-state index contributed by atoms with van der Waals surface area (Å²) in [4.78, 5) is 46.2. The number of aryl methyl sites for hydroxylation is 1. The lowest BCUT2D eigenvalue weighted by Gasteiger charge is -2.06. The first-order valence-corrected chi connectivity index (χ1v) is 9.61. The molecule has 0 saturated carbocycles. The largest absolute Gasteiger partial charge is 0.462 e. The van der Waals surface area contributed by atoms with E-state index in [1.54, 1.807) is 24.4 Å². The number of thioether (sulfide) groups is 1. The topological polar surface area (TPSA) is 117 Å². The number of anilines is 1. The van der Waals surface area contributed by atoms with E-state index in [-0.39, 0.29) is 23.8 Å². The Labute approximate surface area is 156 Å².